The molecule has 3 aromatic carbocycles. The smallest absolute Gasteiger partial charge is 0.287 e. The predicted octanol–water partition coefficient (Wildman–Crippen LogP) is 5.39. The van der Waals surface area contributed by atoms with Crippen molar-refractivity contribution in [3.63, 3.8) is 0 Å². The van der Waals surface area contributed by atoms with Crippen molar-refractivity contribution in [1.82, 2.24) is 10.7 Å². The molecule has 8 nitrogen and oxygen atoms in total. The molecule has 10 heteroatoms. The molecule has 0 fully saturated rings. The van der Waals surface area contributed by atoms with Gasteiger partial charge in [-0.05, 0) is 87.7 Å². The van der Waals surface area contributed by atoms with Gasteiger partial charge >= 0.3 is 0 Å². The third-order valence-electron chi connectivity index (χ3n) is 5.43. The van der Waals surface area contributed by atoms with Crippen LogP contribution in [-0.4, -0.2) is 41.3 Å². The number of hydrazone groups is 1. The van der Waals surface area contributed by atoms with Crippen molar-refractivity contribution in [3.8, 4) is 11.5 Å². The van der Waals surface area contributed by atoms with Crippen LogP contribution >= 0.6 is 31.9 Å². The van der Waals surface area contributed by atoms with Gasteiger partial charge in [-0.3, -0.25) is 9.59 Å². The second-order valence-corrected chi connectivity index (χ2v) is 9.45. The molecule has 0 bridgehead atoms. The van der Waals surface area contributed by atoms with E-state index in [9.17, 15) is 19.8 Å². The van der Waals surface area contributed by atoms with Crippen molar-refractivity contribution in [1.29, 1.82) is 0 Å². The van der Waals surface area contributed by atoms with Gasteiger partial charge in [0.2, 0.25) is 0 Å². The molecule has 37 heavy (non-hydrogen) atoms. The molecule has 0 atom stereocenters. The highest BCUT2D eigenvalue weighted by molar-refractivity contribution is 9.11. The largest absolute Gasteiger partial charge is 0.506 e. The van der Waals surface area contributed by atoms with Gasteiger partial charge in [0.25, 0.3) is 11.8 Å². The average molecular weight is 630 g/mol. The number of rotatable bonds is 9. The van der Waals surface area contributed by atoms with Crippen LogP contribution in [0.4, 0.5) is 5.69 Å². The molecule has 0 radical (unpaired) electrons. The van der Waals surface area contributed by atoms with Crippen LogP contribution in [0.25, 0.3) is 6.08 Å². The molecule has 4 N–H and O–H groups in total. The molecule has 3 aromatic rings. The van der Waals surface area contributed by atoms with Crippen LogP contribution < -0.4 is 15.6 Å². The number of hydrogen-bond acceptors (Lipinski definition) is 6. The van der Waals surface area contributed by atoms with E-state index in [1.54, 1.807) is 36.4 Å². The normalized spacial score (nSPS) is 11.4. The van der Waals surface area contributed by atoms with Crippen molar-refractivity contribution in [2.24, 2.45) is 5.10 Å². The molecule has 3 rings (SSSR count). The molecule has 0 aliphatic heterocycles. The Hall–Kier alpha value is -3.63. The van der Waals surface area contributed by atoms with E-state index in [0.29, 0.717) is 15.6 Å². The first-order valence-electron chi connectivity index (χ1n) is 11.4. The molecule has 192 valence electrons. The Kier molecular flexibility index (Phi) is 9.87. The summed E-state index contributed by atoms with van der Waals surface area (Å²) in [5.41, 5.74) is 4.75. The minimum absolute atomic E-state index is 0.0149. The zero-order valence-electron chi connectivity index (χ0n) is 20.2. The van der Waals surface area contributed by atoms with Crippen molar-refractivity contribution in [2.45, 2.75) is 13.8 Å². The Balaban J connectivity index is 1.86. The van der Waals surface area contributed by atoms with Gasteiger partial charge in [-0.25, -0.2) is 5.43 Å². The van der Waals surface area contributed by atoms with Crippen LogP contribution in [0.3, 0.4) is 0 Å². The summed E-state index contributed by atoms with van der Waals surface area (Å²) in [4.78, 5) is 28.0. The minimum atomic E-state index is -0.662. The lowest BCUT2D eigenvalue weighted by molar-refractivity contribution is -0.117. The summed E-state index contributed by atoms with van der Waals surface area (Å²) in [5.74, 6) is -1.53. The van der Waals surface area contributed by atoms with E-state index in [2.05, 4.69) is 66.5 Å². The van der Waals surface area contributed by atoms with E-state index in [4.69, 9.17) is 0 Å². The van der Waals surface area contributed by atoms with Gasteiger partial charge in [0.15, 0.2) is 0 Å². The molecular weight excluding hydrogens is 604 g/mol. The molecule has 0 unspecified atom stereocenters. The Bertz CT molecular complexity index is 1320. The van der Waals surface area contributed by atoms with Crippen LogP contribution in [0.5, 0.6) is 11.5 Å². The highest BCUT2D eigenvalue weighted by atomic mass is 79.9. The van der Waals surface area contributed by atoms with E-state index in [0.717, 1.165) is 18.8 Å². The summed E-state index contributed by atoms with van der Waals surface area (Å²) >= 11 is 6.28. The SMILES string of the molecule is CCN(CC)c1ccc(/C=C(/NC(=O)c2ccccc2)C(=O)NN=Cc2cc(Br)c(O)c(Br)c2O)cc1. The maximum Gasteiger partial charge on any atom is 0.287 e. The van der Waals surface area contributed by atoms with Gasteiger partial charge < -0.3 is 20.4 Å². The van der Waals surface area contributed by atoms with E-state index in [-0.39, 0.29) is 27.2 Å². The van der Waals surface area contributed by atoms with Gasteiger partial charge in [0.1, 0.15) is 21.7 Å². The number of nitrogens with zero attached hydrogens (tertiary/aromatic N) is 2. The zero-order valence-corrected chi connectivity index (χ0v) is 23.4. The van der Waals surface area contributed by atoms with E-state index < -0.39 is 11.8 Å². The summed E-state index contributed by atoms with van der Waals surface area (Å²) in [6, 6.07) is 17.6. The monoisotopic (exact) mass is 628 g/mol. The fraction of sp³-hybridized carbons (Fsp3) is 0.148. The van der Waals surface area contributed by atoms with Gasteiger partial charge in [0, 0.05) is 29.9 Å². The Morgan fingerprint density at radius 2 is 1.62 bits per heavy atom. The average Bonchev–Trinajstić information content (AvgIpc) is 2.91. The molecule has 2 amide bonds. The quantitative estimate of drug-likeness (QED) is 0.144. The standard InChI is InChI=1S/C27H26Br2N4O4/c1-3-33(4-2)20-12-10-17(11-13-20)14-22(31-26(36)18-8-6-5-7-9-18)27(37)32-30-16-19-15-21(28)25(35)23(29)24(19)34/h5-16,34-35H,3-4H2,1-2H3,(H,31,36)(H,32,37)/b22-14+,30-16?. The number of carbonyl (C=O) groups excluding carboxylic acids is 2. The van der Waals surface area contributed by atoms with Crippen LogP contribution in [0.1, 0.15) is 35.3 Å². The Morgan fingerprint density at radius 1 is 0.973 bits per heavy atom. The zero-order chi connectivity index (χ0) is 26.9. The Morgan fingerprint density at radius 3 is 2.24 bits per heavy atom. The number of benzene rings is 3. The van der Waals surface area contributed by atoms with E-state index in [1.807, 2.05) is 24.3 Å². The van der Waals surface area contributed by atoms with Crippen molar-refractivity contribution in [2.75, 3.05) is 18.0 Å². The molecular formula is C27H26Br2N4O4. The lowest BCUT2D eigenvalue weighted by Gasteiger charge is -2.21. The summed E-state index contributed by atoms with van der Waals surface area (Å²) in [6.07, 6.45) is 2.78. The highest BCUT2D eigenvalue weighted by Gasteiger charge is 2.16. The van der Waals surface area contributed by atoms with Crippen LogP contribution in [-0.2, 0) is 4.79 Å². The number of halogens is 2. The van der Waals surface area contributed by atoms with E-state index in [1.165, 1.54) is 12.3 Å². The van der Waals surface area contributed by atoms with Crippen LogP contribution in [0.2, 0.25) is 0 Å². The van der Waals surface area contributed by atoms with Crippen molar-refractivity contribution in [3.05, 3.63) is 92.0 Å². The summed E-state index contributed by atoms with van der Waals surface area (Å²) in [6.45, 7) is 5.89. The Labute approximate surface area is 232 Å². The first kappa shape index (κ1) is 27.9. The van der Waals surface area contributed by atoms with Crippen LogP contribution in [0, 0.1) is 0 Å². The van der Waals surface area contributed by atoms with E-state index >= 15 is 0 Å². The van der Waals surface area contributed by atoms with Gasteiger partial charge in [-0.1, -0.05) is 30.3 Å². The van der Waals surface area contributed by atoms with Crippen LogP contribution in [0.15, 0.2) is 80.4 Å². The summed E-state index contributed by atoms with van der Waals surface area (Å²) in [7, 11) is 0. The third-order valence-corrected chi connectivity index (χ3v) is 6.78. The number of hydrogen-bond donors (Lipinski definition) is 4. The number of phenols is 2. The number of aromatic hydroxyl groups is 2. The highest BCUT2D eigenvalue weighted by Crippen LogP contribution is 2.40. The lowest BCUT2D eigenvalue weighted by Crippen LogP contribution is -2.32. The molecule has 0 aromatic heterocycles. The maximum absolute atomic E-state index is 13.0. The first-order valence-corrected chi connectivity index (χ1v) is 13.0. The molecule has 0 aliphatic carbocycles. The number of phenolic OH excluding ortho intramolecular Hbond substituents is 2. The lowest BCUT2D eigenvalue weighted by atomic mass is 10.1. The summed E-state index contributed by atoms with van der Waals surface area (Å²) in [5, 5.41) is 26.6. The maximum atomic E-state index is 13.0. The molecule has 0 heterocycles. The molecule has 0 aliphatic rings. The second-order valence-electron chi connectivity index (χ2n) is 7.80. The predicted molar refractivity (Wildman–Crippen MR) is 153 cm³/mol. The van der Waals surface area contributed by atoms with Gasteiger partial charge in [-0.15, -0.1) is 0 Å². The number of amides is 2. The van der Waals surface area contributed by atoms with Gasteiger partial charge in [-0.2, -0.15) is 5.10 Å². The fourth-order valence-corrected chi connectivity index (χ4v) is 4.57. The first-order chi connectivity index (χ1) is 17.7. The minimum Gasteiger partial charge on any atom is -0.506 e. The molecule has 0 saturated heterocycles. The third kappa shape index (κ3) is 7.21. The second kappa shape index (κ2) is 13.1. The molecule has 0 spiro atoms. The number of anilines is 1. The number of carbonyl (C=O) groups is 2. The van der Waals surface area contributed by atoms with Crippen molar-refractivity contribution < 1.29 is 19.8 Å². The molecule has 0 saturated carbocycles. The van der Waals surface area contributed by atoms with Gasteiger partial charge in [0.05, 0.1) is 10.7 Å². The van der Waals surface area contributed by atoms with Crippen molar-refractivity contribution >= 4 is 61.7 Å². The summed E-state index contributed by atoms with van der Waals surface area (Å²) < 4.78 is 0.410. The fourth-order valence-electron chi connectivity index (χ4n) is 3.42. The number of nitrogens with one attached hydrogen (secondary N) is 2. The topological polar surface area (TPSA) is 114 Å².